The molecule has 5 rings (SSSR count). The van der Waals surface area contributed by atoms with Crippen LogP contribution in [0.15, 0.2) is 82.0 Å². The Labute approximate surface area is 249 Å². The highest BCUT2D eigenvalue weighted by atomic mass is 127. The number of esters is 1. The second-order valence-electron chi connectivity index (χ2n) is 9.16. The van der Waals surface area contributed by atoms with Gasteiger partial charge in [-0.15, -0.1) is 0 Å². The molecule has 0 fully saturated rings. The van der Waals surface area contributed by atoms with Crippen molar-refractivity contribution in [3.8, 4) is 11.5 Å². The van der Waals surface area contributed by atoms with Crippen molar-refractivity contribution in [2.75, 3.05) is 13.2 Å². The average Bonchev–Trinajstić information content (AvgIpc) is 3.20. The van der Waals surface area contributed by atoms with Crippen molar-refractivity contribution in [1.82, 2.24) is 5.32 Å². The number of carbonyl (C=O) groups is 2. The second-order valence-corrected chi connectivity index (χ2v) is 11.2. The van der Waals surface area contributed by atoms with Gasteiger partial charge >= 0.3 is 5.97 Å². The minimum Gasteiger partial charge on any atom is -0.490 e. The molecule has 2 aliphatic rings. The fraction of sp³-hybridized carbons (Fsp3) is 0.226. The molecule has 1 heterocycles. The molecule has 3 aromatic rings. The van der Waals surface area contributed by atoms with E-state index < -0.39 is 11.9 Å². The summed E-state index contributed by atoms with van der Waals surface area (Å²) in [4.78, 5) is 27.1. The highest BCUT2D eigenvalue weighted by molar-refractivity contribution is 14.1. The molecule has 0 aromatic heterocycles. The van der Waals surface area contributed by atoms with Crippen molar-refractivity contribution in [1.29, 1.82) is 0 Å². The van der Waals surface area contributed by atoms with Gasteiger partial charge in [0, 0.05) is 32.8 Å². The third kappa shape index (κ3) is 5.24. The number of carbonyl (C=O) groups excluding carboxylic acids is 2. The molecule has 3 aromatic carbocycles. The largest absolute Gasteiger partial charge is 0.490 e. The molecule has 0 amide bonds. The van der Waals surface area contributed by atoms with Crippen LogP contribution in [0.2, 0.25) is 0 Å². The first-order valence-corrected chi connectivity index (χ1v) is 14.6. The lowest BCUT2D eigenvalue weighted by molar-refractivity contribution is -0.138. The van der Waals surface area contributed by atoms with Crippen LogP contribution < -0.4 is 14.8 Å². The molecule has 1 aliphatic carbocycles. The van der Waals surface area contributed by atoms with Gasteiger partial charge in [-0.2, -0.15) is 0 Å². The van der Waals surface area contributed by atoms with Crippen molar-refractivity contribution < 1.29 is 23.8 Å². The molecule has 0 bridgehead atoms. The van der Waals surface area contributed by atoms with Crippen molar-refractivity contribution >= 4 is 56.0 Å². The first-order chi connectivity index (χ1) is 18.8. The standard InChI is InChI=1S/C31H27BrINO5/c1-4-37-24-15-19(14-23(33)30(24)39-16-18-10-12-20(32)13-11-18)26-25(31(36)38-5-2)17(3)34-28-21-8-6-7-9-22(21)29(35)27(26)28/h6-15,26,34H,4-5,16H2,1-3H3/t26-/m1/s1. The lowest BCUT2D eigenvalue weighted by Crippen LogP contribution is -2.29. The molecular weight excluding hydrogens is 673 g/mol. The van der Waals surface area contributed by atoms with E-state index in [1.165, 1.54) is 0 Å². The summed E-state index contributed by atoms with van der Waals surface area (Å²) in [5, 5.41) is 3.34. The quantitative estimate of drug-likeness (QED) is 0.199. The lowest BCUT2D eigenvalue weighted by atomic mass is 9.79. The van der Waals surface area contributed by atoms with Gasteiger partial charge in [0.2, 0.25) is 0 Å². The molecule has 1 N–H and O–H groups in total. The molecule has 39 heavy (non-hydrogen) atoms. The van der Waals surface area contributed by atoms with Gasteiger partial charge < -0.3 is 19.5 Å². The van der Waals surface area contributed by atoms with Crippen LogP contribution in [-0.2, 0) is 16.1 Å². The van der Waals surface area contributed by atoms with E-state index in [1.807, 2.05) is 74.5 Å². The Morgan fingerprint density at radius 3 is 2.41 bits per heavy atom. The normalized spacial score (nSPS) is 16.0. The number of nitrogens with one attached hydrogen (secondary N) is 1. The van der Waals surface area contributed by atoms with Gasteiger partial charge in [-0.1, -0.05) is 52.3 Å². The van der Waals surface area contributed by atoms with E-state index in [-0.39, 0.29) is 12.4 Å². The van der Waals surface area contributed by atoms with Crippen LogP contribution >= 0.6 is 38.5 Å². The fourth-order valence-electron chi connectivity index (χ4n) is 5.04. The van der Waals surface area contributed by atoms with E-state index >= 15 is 0 Å². The summed E-state index contributed by atoms with van der Waals surface area (Å²) < 4.78 is 19.6. The maximum atomic E-state index is 13.8. The molecule has 1 atom stereocenters. The molecular formula is C31H27BrINO5. The number of hydrogen-bond acceptors (Lipinski definition) is 6. The molecule has 200 valence electrons. The van der Waals surface area contributed by atoms with E-state index in [4.69, 9.17) is 14.2 Å². The molecule has 0 radical (unpaired) electrons. The third-order valence-electron chi connectivity index (χ3n) is 6.71. The van der Waals surface area contributed by atoms with Gasteiger partial charge in [-0.25, -0.2) is 4.79 Å². The second kappa shape index (κ2) is 11.6. The average molecular weight is 700 g/mol. The molecule has 8 heteroatoms. The van der Waals surface area contributed by atoms with Gasteiger partial charge in [-0.3, -0.25) is 4.79 Å². The summed E-state index contributed by atoms with van der Waals surface area (Å²) in [6.45, 7) is 6.55. The molecule has 0 saturated heterocycles. The summed E-state index contributed by atoms with van der Waals surface area (Å²) in [6, 6.07) is 19.3. The zero-order chi connectivity index (χ0) is 27.7. The summed E-state index contributed by atoms with van der Waals surface area (Å²) >= 11 is 5.69. The highest BCUT2D eigenvalue weighted by Gasteiger charge is 2.43. The number of dihydropyridines is 1. The topological polar surface area (TPSA) is 73.9 Å². The Bertz CT molecular complexity index is 1530. The summed E-state index contributed by atoms with van der Waals surface area (Å²) in [5.41, 5.74) is 5.57. The Morgan fingerprint density at radius 1 is 1.00 bits per heavy atom. The molecule has 6 nitrogen and oxygen atoms in total. The Kier molecular flexibility index (Phi) is 8.13. The van der Waals surface area contributed by atoms with Crippen molar-refractivity contribution in [2.24, 2.45) is 0 Å². The molecule has 0 unspecified atom stereocenters. The van der Waals surface area contributed by atoms with Gasteiger partial charge in [-0.05, 0) is 78.8 Å². The smallest absolute Gasteiger partial charge is 0.336 e. The van der Waals surface area contributed by atoms with Crippen molar-refractivity contribution in [3.63, 3.8) is 0 Å². The van der Waals surface area contributed by atoms with Crippen LogP contribution in [0, 0.1) is 3.57 Å². The lowest BCUT2D eigenvalue weighted by Gasteiger charge is -2.30. The van der Waals surface area contributed by atoms with Crippen molar-refractivity contribution in [3.05, 3.63) is 108 Å². The van der Waals surface area contributed by atoms with E-state index in [1.54, 1.807) is 6.92 Å². The van der Waals surface area contributed by atoms with Gasteiger partial charge in [0.25, 0.3) is 0 Å². The highest BCUT2D eigenvalue weighted by Crippen LogP contribution is 2.48. The maximum absolute atomic E-state index is 13.8. The number of hydrogen-bond donors (Lipinski definition) is 1. The number of halogens is 2. The number of allylic oxidation sites excluding steroid dienone is 2. The Hall–Kier alpha value is -3.11. The van der Waals surface area contributed by atoms with Gasteiger partial charge in [0.15, 0.2) is 17.3 Å². The third-order valence-corrected chi connectivity index (χ3v) is 8.04. The maximum Gasteiger partial charge on any atom is 0.336 e. The van der Waals surface area contributed by atoms with E-state index in [2.05, 4.69) is 43.8 Å². The fourth-order valence-corrected chi connectivity index (χ4v) is 6.08. The van der Waals surface area contributed by atoms with Crippen LogP contribution in [-0.4, -0.2) is 25.0 Å². The first kappa shape index (κ1) is 27.5. The number of fused-ring (bicyclic) bond motifs is 2. The molecule has 0 saturated carbocycles. The molecule has 0 spiro atoms. The summed E-state index contributed by atoms with van der Waals surface area (Å²) in [6.07, 6.45) is 0. The summed E-state index contributed by atoms with van der Waals surface area (Å²) in [5.74, 6) is -0.0107. The Morgan fingerprint density at radius 2 is 1.72 bits per heavy atom. The van der Waals surface area contributed by atoms with Gasteiger partial charge in [0.1, 0.15) is 6.61 Å². The molecule has 1 aliphatic heterocycles. The van der Waals surface area contributed by atoms with E-state index in [9.17, 15) is 9.59 Å². The number of rotatable bonds is 8. The van der Waals surface area contributed by atoms with E-state index in [0.717, 1.165) is 30.4 Å². The summed E-state index contributed by atoms with van der Waals surface area (Å²) in [7, 11) is 0. The van der Waals surface area contributed by atoms with Crippen LogP contribution in [0.4, 0.5) is 0 Å². The number of Topliss-reactive ketones (excluding diaryl/α,β-unsaturated/α-hetero) is 1. The first-order valence-electron chi connectivity index (χ1n) is 12.7. The zero-order valence-corrected chi connectivity index (χ0v) is 25.5. The minimum absolute atomic E-state index is 0.101. The van der Waals surface area contributed by atoms with Crippen LogP contribution in [0.3, 0.4) is 0 Å². The van der Waals surface area contributed by atoms with Crippen LogP contribution in [0.25, 0.3) is 5.70 Å². The number of ketones is 1. The number of benzene rings is 3. The monoisotopic (exact) mass is 699 g/mol. The van der Waals surface area contributed by atoms with Gasteiger partial charge in [0.05, 0.1) is 28.1 Å². The zero-order valence-electron chi connectivity index (χ0n) is 21.8. The van der Waals surface area contributed by atoms with Crippen LogP contribution in [0.1, 0.15) is 53.7 Å². The van der Waals surface area contributed by atoms with Crippen LogP contribution in [0.5, 0.6) is 11.5 Å². The SMILES string of the molecule is CCOC(=O)C1=C(C)NC2=C(C(=O)c3ccccc32)[C@@H]1c1cc(I)c(OCc2ccc(Br)cc2)c(OCC)c1. The predicted octanol–water partition coefficient (Wildman–Crippen LogP) is 7.16. The predicted molar refractivity (Wildman–Crippen MR) is 162 cm³/mol. The van der Waals surface area contributed by atoms with Crippen molar-refractivity contribution in [2.45, 2.75) is 33.3 Å². The minimum atomic E-state index is -0.631. The Balaban J connectivity index is 1.61. The van der Waals surface area contributed by atoms with E-state index in [0.29, 0.717) is 47.1 Å². The number of ether oxygens (including phenoxy) is 3.